The number of benzene rings is 1. The molecule has 1 aromatic heterocycles. The molecule has 0 aliphatic heterocycles. The zero-order chi connectivity index (χ0) is 15.4. The van der Waals surface area contributed by atoms with E-state index in [1.54, 1.807) is 19.1 Å². The largest absolute Gasteiger partial charge is 0.508 e. The summed E-state index contributed by atoms with van der Waals surface area (Å²) in [5.41, 5.74) is 2.40. The summed E-state index contributed by atoms with van der Waals surface area (Å²) >= 11 is 0. The lowest BCUT2D eigenvalue weighted by Gasteiger charge is -2.05. The van der Waals surface area contributed by atoms with E-state index >= 15 is 0 Å². The van der Waals surface area contributed by atoms with Crippen LogP contribution in [0.3, 0.4) is 0 Å². The number of hydrogen-bond acceptors (Lipinski definition) is 3. The van der Waals surface area contributed by atoms with Crippen LogP contribution in [-0.4, -0.2) is 10.9 Å². The summed E-state index contributed by atoms with van der Waals surface area (Å²) in [5, 5.41) is 9.90. The lowest BCUT2D eigenvalue weighted by molar-refractivity contribution is 0.101. The summed E-state index contributed by atoms with van der Waals surface area (Å²) < 4.78 is 5.80. The van der Waals surface area contributed by atoms with Gasteiger partial charge in [0.15, 0.2) is 5.78 Å². The molecule has 0 atom stereocenters. The fourth-order valence-electron chi connectivity index (χ4n) is 2.60. The Bertz CT molecular complexity index is 665. The van der Waals surface area contributed by atoms with Crippen LogP contribution in [0.25, 0.3) is 0 Å². The van der Waals surface area contributed by atoms with Gasteiger partial charge in [0.05, 0.1) is 5.56 Å². The summed E-state index contributed by atoms with van der Waals surface area (Å²) in [6.07, 6.45) is 3.81. The van der Waals surface area contributed by atoms with Crippen LogP contribution in [-0.2, 0) is 12.8 Å². The van der Waals surface area contributed by atoms with E-state index in [0.29, 0.717) is 17.7 Å². The van der Waals surface area contributed by atoms with E-state index in [0.717, 1.165) is 29.7 Å². The van der Waals surface area contributed by atoms with E-state index < -0.39 is 0 Å². The molecule has 0 aliphatic rings. The van der Waals surface area contributed by atoms with Crippen LogP contribution in [0.2, 0.25) is 0 Å². The molecular weight excluding hydrogens is 264 g/mol. The number of carbonyl (C=O) groups excluding carboxylic acids is 1. The number of phenols is 1. The summed E-state index contributed by atoms with van der Waals surface area (Å²) in [6, 6.07) is 7.17. The van der Waals surface area contributed by atoms with E-state index in [-0.39, 0.29) is 11.5 Å². The van der Waals surface area contributed by atoms with Crippen molar-refractivity contribution >= 4 is 5.78 Å². The third kappa shape index (κ3) is 3.24. The van der Waals surface area contributed by atoms with Gasteiger partial charge in [0, 0.05) is 17.5 Å². The standard InChI is InChI=1S/C18H20O3/c1-4-5-9-15-17(21-13(3)18(15)12(2)19)11-14-8-6-7-10-16(14)20/h4,6-8,10,20H,1,5,9,11H2,2-3H3. The molecule has 3 heteroatoms. The van der Waals surface area contributed by atoms with E-state index in [4.69, 9.17) is 4.42 Å². The van der Waals surface area contributed by atoms with Crippen molar-refractivity contribution in [1.82, 2.24) is 0 Å². The van der Waals surface area contributed by atoms with Crippen molar-refractivity contribution in [3.8, 4) is 5.75 Å². The Kier molecular flexibility index (Phi) is 4.63. The number of furan rings is 1. The number of aromatic hydroxyl groups is 1. The SMILES string of the molecule is C=CCCc1c(Cc2ccccc2O)oc(C)c1C(C)=O. The van der Waals surface area contributed by atoms with Crippen molar-refractivity contribution in [3.63, 3.8) is 0 Å². The van der Waals surface area contributed by atoms with E-state index in [1.807, 2.05) is 25.1 Å². The monoisotopic (exact) mass is 284 g/mol. The number of para-hydroxylation sites is 1. The molecule has 1 heterocycles. The first-order chi connectivity index (χ1) is 10.0. The average Bonchev–Trinajstić information content (AvgIpc) is 2.75. The molecule has 1 N–H and O–H groups in total. The van der Waals surface area contributed by atoms with Crippen molar-refractivity contribution in [2.24, 2.45) is 0 Å². The van der Waals surface area contributed by atoms with Gasteiger partial charge in [-0.25, -0.2) is 0 Å². The number of Topliss-reactive ketones (excluding diaryl/α,β-unsaturated/α-hetero) is 1. The maximum atomic E-state index is 11.8. The molecule has 1 aromatic carbocycles. The quantitative estimate of drug-likeness (QED) is 0.638. The van der Waals surface area contributed by atoms with Crippen LogP contribution in [0.15, 0.2) is 41.3 Å². The van der Waals surface area contributed by atoms with Gasteiger partial charge < -0.3 is 9.52 Å². The Morgan fingerprint density at radius 1 is 1.38 bits per heavy atom. The van der Waals surface area contributed by atoms with Gasteiger partial charge in [0.25, 0.3) is 0 Å². The summed E-state index contributed by atoms with van der Waals surface area (Å²) in [6.45, 7) is 7.09. The Morgan fingerprint density at radius 2 is 2.10 bits per heavy atom. The molecule has 0 aliphatic carbocycles. The maximum absolute atomic E-state index is 11.8. The van der Waals surface area contributed by atoms with Crippen molar-refractivity contribution < 1.29 is 14.3 Å². The number of allylic oxidation sites excluding steroid dienone is 1. The average molecular weight is 284 g/mol. The van der Waals surface area contributed by atoms with E-state index in [1.165, 1.54) is 0 Å². The molecule has 0 spiro atoms. The van der Waals surface area contributed by atoms with Crippen LogP contribution in [0.1, 0.15) is 46.3 Å². The molecule has 110 valence electrons. The molecule has 2 rings (SSSR count). The first-order valence-electron chi connectivity index (χ1n) is 7.04. The second-order valence-electron chi connectivity index (χ2n) is 5.12. The number of rotatable bonds is 6. The second-order valence-corrected chi connectivity index (χ2v) is 5.12. The third-order valence-electron chi connectivity index (χ3n) is 3.56. The zero-order valence-electron chi connectivity index (χ0n) is 12.5. The lowest BCUT2D eigenvalue weighted by Crippen LogP contribution is -2.00. The highest BCUT2D eigenvalue weighted by Gasteiger charge is 2.21. The highest BCUT2D eigenvalue weighted by molar-refractivity contribution is 5.96. The first-order valence-corrected chi connectivity index (χ1v) is 7.04. The molecule has 0 saturated heterocycles. The first kappa shape index (κ1) is 15.1. The van der Waals surface area contributed by atoms with Crippen LogP contribution < -0.4 is 0 Å². The van der Waals surface area contributed by atoms with Gasteiger partial charge in [0.1, 0.15) is 17.3 Å². The van der Waals surface area contributed by atoms with Crippen molar-refractivity contribution in [2.45, 2.75) is 33.1 Å². The number of aryl methyl sites for hydroxylation is 1. The van der Waals surface area contributed by atoms with Crippen LogP contribution in [0.4, 0.5) is 0 Å². The molecule has 0 radical (unpaired) electrons. The van der Waals surface area contributed by atoms with E-state index in [9.17, 15) is 9.90 Å². The van der Waals surface area contributed by atoms with Crippen LogP contribution in [0.5, 0.6) is 5.75 Å². The topological polar surface area (TPSA) is 50.4 Å². The maximum Gasteiger partial charge on any atom is 0.163 e. The predicted octanol–water partition coefficient (Wildman–Crippen LogP) is 4.21. The number of phenolic OH excluding ortho intramolecular Hbond substituents is 1. The van der Waals surface area contributed by atoms with Crippen molar-refractivity contribution in [3.05, 3.63) is 65.1 Å². The molecule has 0 fully saturated rings. The Labute approximate surface area is 124 Å². The van der Waals surface area contributed by atoms with Crippen LogP contribution >= 0.6 is 0 Å². The fraction of sp³-hybridized carbons (Fsp3) is 0.278. The fourth-order valence-corrected chi connectivity index (χ4v) is 2.60. The second kappa shape index (κ2) is 6.44. The molecule has 0 saturated carbocycles. The molecule has 21 heavy (non-hydrogen) atoms. The Balaban J connectivity index is 2.43. The smallest absolute Gasteiger partial charge is 0.163 e. The van der Waals surface area contributed by atoms with Gasteiger partial charge in [-0.1, -0.05) is 24.3 Å². The summed E-state index contributed by atoms with van der Waals surface area (Å²) in [7, 11) is 0. The third-order valence-corrected chi connectivity index (χ3v) is 3.56. The number of carbonyl (C=O) groups is 1. The van der Waals surface area contributed by atoms with Crippen molar-refractivity contribution in [1.29, 1.82) is 0 Å². The van der Waals surface area contributed by atoms with Gasteiger partial charge >= 0.3 is 0 Å². The minimum Gasteiger partial charge on any atom is -0.508 e. The van der Waals surface area contributed by atoms with Gasteiger partial charge in [-0.3, -0.25) is 4.79 Å². The highest BCUT2D eigenvalue weighted by atomic mass is 16.3. The molecule has 0 unspecified atom stereocenters. The Morgan fingerprint density at radius 3 is 2.71 bits per heavy atom. The minimum absolute atomic E-state index is 0.0128. The zero-order valence-corrected chi connectivity index (χ0v) is 12.5. The lowest BCUT2D eigenvalue weighted by atomic mass is 9.98. The molecule has 3 nitrogen and oxygen atoms in total. The predicted molar refractivity (Wildman–Crippen MR) is 82.9 cm³/mol. The molecule has 0 bridgehead atoms. The summed E-state index contributed by atoms with van der Waals surface area (Å²) in [4.78, 5) is 11.8. The number of ketones is 1. The van der Waals surface area contributed by atoms with E-state index in [2.05, 4.69) is 6.58 Å². The summed E-state index contributed by atoms with van der Waals surface area (Å²) in [5.74, 6) is 1.65. The molecule has 2 aromatic rings. The number of hydrogen-bond donors (Lipinski definition) is 1. The Hall–Kier alpha value is -2.29. The molecular formula is C18H20O3. The van der Waals surface area contributed by atoms with Gasteiger partial charge in [-0.15, -0.1) is 6.58 Å². The highest BCUT2D eigenvalue weighted by Crippen LogP contribution is 2.29. The van der Waals surface area contributed by atoms with Gasteiger partial charge in [-0.2, -0.15) is 0 Å². The van der Waals surface area contributed by atoms with Crippen molar-refractivity contribution in [2.75, 3.05) is 0 Å². The normalized spacial score (nSPS) is 10.6. The van der Waals surface area contributed by atoms with Gasteiger partial charge in [-0.05, 0) is 32.8 Å². The molecule has 0 amide bonds. The van der Waals surface area contributed by atoms with Gasteiger partial charge in [0.2, 0.25) is 0 Å². The van der Waals surface area contributed by atoms with Crippen LogP contribution in [0, 0.1) is 6.92 Å². The minimum atomic E-state index is 0.0128.